The van der Waals surface area contributed by atoms with Crippen LogP contribution in [0, 0.1) is 19.8 Å². The number of rotatable bonds is 4. The molecular formula is C21H27ClN4O3. The number of nitrogens with zero attached hydrogens (tertiary/aromatic N) is 4. The van der Waals surface area contributed by atoms with Gasteiger partial charge in [0.2, 0.25) is 11.8 Å². The first-order chi connectivity index (χ1) is 13.5. The number of aryl methyl sites for hydroxylation is 2. The first-order valence-corrected chi connectivity index (χ1v) is 9.81. The average Bonchev–Trinajstić information content (AvgIpc) is 3.26. The van der Waals surface area contributed by atoms with Crippen LogP contribution in [0.3, 0.4) is 0 Å². The third-order valence-corrected chi connectivity index (χ3v) is 5.79. The van der Waals surface area contributed by atoms with Gasteiger partial charge in [-0.3, -0.25) is 14.5 Å². The second-order valence-corrected chi connectivity index (χ2v) is 7.65. The van der Waals surface area contributed by atoms with Crippen molar-refractivity contribution >= 4 is 29.9 Å². The molecule has 1 aromatic heterocycles. The molecule has 29 heavy (non-hydrogen) atoms. The molecule has 0 N–H and O–H groups in total. The fourth-order valence-corrected chi connectivity index (χ4v) is 4.07. The number of carbonyl (C=O) groups excluding carboxylic acids is 2. The molecule has 4 rings (SSSR count). The fourth-order valence-electron chi connectivity index (χ4n) is 4.07. The van der Waals surface area contributed by atoms with E-state index in [0.29, 0.717) is 26.1 Å². The lowest BCUT2D eigenvalue weighted by Crippen LogP contribution is -2.50. The summed E-state index contributed by atoms with van der Waals surface area (Å²) in [7, 11) is 0. The van der Waals surface area contributed by atoms with Crippen LogP contribution in [0.25, 0.3) is 0 Å². The smallest absolute Gasteiger partial charge is 0.228 e. The van der Waals surface area contributed by atoms with Crippen LogP contribution < -0.4 is 4.90 Å². The Hall–Kier alpha value is -2.38. The van der Waals surface area contributed by atoms with Gasteiger partial charge in [-0.1, -0.05) is 23.4 Å². The maximum Gasteiger partial charge on any atom is 0.228 e. The fraction of sp³-hybridized carbons (Fsp3) is 0.476. The molecule has 2 aliphatic heterocycles. The molecule has 2 aromatic rings. The molecule has 1 atom stereocenters. The van der Waals surface area contributed by atoms with Gasteiger partial charge in [-0.15, -0.1) is 12.4 Å². The van der Waals surface area contributed by atoms with Crippen molar-refractivity contribution in [1.82, 2.24) is 15.0 Å². The number of amides is 2. The second kappa shape index (κ2) is 8.97. The number of carbonyl (C=O) groups is 2. The van der Waals surface area contributed by atoms with E-state index >= 15 is 0 Å². The molecule has 2 amide bonds. The van der Waals surface area contributed by atoms with Crippen molar-refractivity contribution in [2.24, 2.45) is 5.92 Å². The van der Waals surface area contributed by atoms with E-state index in [4.69, 9.17) is 4.52 Å². The van der Waals surface area contributed by atoms with Gasteiger partial charge in [0, 0.05) is 56.9 Å². The number of hydrogen-bond donors (Lipinski definition) is 0. The quantitative estimate of drug-likeness (QED) is 0.762. The molecule has 0 radical (unpaired) electrons. The topological polar surface area (TPSA) is 69.9 Å². The molecule has 2 aliphatic rings. The summed E-state index contributed by atoms with van der Waals surface area (Å²) < 4.78 is 5.24. The second-order valence-electron chi connectivity index (χ2n) is 7.65. The third-order valence-electron chi connectivity index (χ3n) is 5.79. The maximum absolute atomic E-state index is 13.0. The highest BCUT2D eigenvalue weighted by Gasteiger charge is 2.37. The van der Waals surface area contributed by atoms with E-state index in [2.05, 4.69) is 10.1 Å². The number of halogens is 1. The Labute approximate surface area is 177 Å². The van der Waals surface area contributed by atoms with E-state index < -0.39 is 0 Å². The summed E-state index contributed by atoms with van der Waals surface area (Å²) in [4.78, 5) is 31.3. The first-order valence-electron chi connectivity index (χ1n) is 9.81. The average molecular weight is 419 g/mol. The van der Waals surface area contributed by atoms with Crippen molar-refractivity contribution in [3.8, 4) is 0 Å². The molecule has 0 saturated carbocycles. The lowest BCUT2D eigenvalue weighted by atomic mass is 10.1. The monoisotopic (exact) mass is 418 g/mol. The number of para-hydroxylation sites is 1. The zero-order valence-corrected chi connectivity index (χ0v) is 17.7. The molecule has 2 fully saturated rings. The molecule has 3 heterocycles. The third kappa shape index (κ3) is 4.46. The summed E-state index contributed by atoms with van der Waals surface area (Å²) >= 11 is 0. The van der Waals surface area contributed by atoms with E-state index in [9.17, 15) is 9.59 Å². The van der Waals surface area contributed by atoms with E-state index in [1.165, 1.54) is 0 Å². The van der Waals surface area contributed by atoms with Crippen molar-refractivity contribution in [3.05, 3.63) is 47.3 Å². The van der Waals surface area contributed by atoms with Gasteiger partial charge in [0.15, 0.2) is 0 Å². The van der Waals surface area contributed by atoms with Gasteiger partial charge in [-0.2, -0.15) is 0 Å². The molecule has 0 spiro atoms. The molecular weight excluding hydrogens is 392 g/mol. The van der Waals surface area contributed by atoms with Crippen LogP contribution in [-0.2, 0) is 16.1 Å². The van der Waals surface area contributed by atoms with Crippen LogP contribution in [0.2, 0.25) is 0 Å². The lowest BCUT2D eigenvalue weighted by Gasteiger charge is -2.35. The molecule has 0 aliphatic carbocycles. The van der Waals surface area contributed by atoms with Crippen molar-refractivity contribution < 1.29 is 14.1 Å². The van der Waals surface area contributed by atoms with Gasteiger partial charge in [0.1, 0.15) is 5.76 Å². The zero-order chi connectivity index (χ0) is 19.7. The summed E-state index contributed by atoms with van der Waals surface area (Å²) in [5.74, 6) is 0.744. The minimum Gasteiger partial charge on any atom is -0.361 e. The van der Waals surface area contributed by atoms with E-state index in [0.717, 1.165) is 42.3 Å². The number of anilines is 1. The van der Waals surface area contributed by atoms with Crippen LogP contribution in [-0.4, -0.2) is 59.5 Å². The van der Waals surface area contributed by atoms with Crippen LogP contribution in [0.5, 0.6) is 0 Å². The normalized spacial score (nSPS) is 20.1. The minimum atomic E-state index is -0.248. The van der Waals surface area contributed by atoms with Gasteiger partial charge >= 0.3 is 0 Å². The molecule has 1 aromatic carbocycles. The van der Waals surface area contributed by atoms with Crippen molar-refractivity contribution in [2.75, 3.05) is 37.6 Å². The summed E-state index contributed by atoms with van der Waals surface area (Å²) in [5.41, 5.74) is 2.94. The summed E-state index contributed by atoms with van der Waals surface area (Å²) in [6.07, 6.45) is 0.299. The molecule has 156 valence electrons. The number of piperazine rings is 1. The molecule has 2 saturated heterocycles. The highest BCUT2D eigenvalue weighted by Crippen LogP contribution is 2.26. The van der Waals surface area contributed by atoms with E-state index in [1.807, 2.05) is 49.1 Å². The number of aromatic nitrogens is 1. The molecule has 8 heteroatoms. The van der Waals surface area contributed by atoms with Crippen LogP contribution >= 0.6 is 12.4 Å². The summed E-state index contributed by atoms with van der Waals surface area (Å²) in [6, 6.07) is 9.58. The van der Waals surface area contributed by atoms with Crippen LogP contribution in [0.15, 0.2) is 34.9 Å². The Morgan fingerprint density at radius 1 is 1.14 bits per heavy atom. The standard InChI is InChI=1S/C21H26N4O3.ClH/c1-15-19(16(2)28-22-15)14-23-8-10-24(11-9-23)21(27)17-12-20(26)25(13-17)18-6-4-3-5-7-18;/h3-7,17H,8-14H2,1-2H3;1H. The zero-order valence-electron chi connectivity index (χ0n) is 16.8. The van der Waals surface area contributed by atoms with E-state index in [1.54, 1.807) is 4.90 Å². The van der Waals surface area contributed by atoms with Crippen LogP contribution in [0.4, 0.5) is 5.69 Å². The molecule has 7 nitrogen and oxygen atoms in total. The Kier molecular flexibility index (Phi) is 6.59. The van der Waals surface area contributed by atoms with Gasteiger partial charge in [-0.25, -0.2) is 0 Å². The number of hydrogen-bond acceptors (Lipinski definition) is 5. The van der Waals surface area contributed by atoms with Gasteiger partial charge in [0.25, 0.3) is 0 Å². The predicted molar refractivity (Wildman–Crippen MR) is 112 cm³/mol. The van der Waals surface area contributed by atoms with Gasteiger partial charge in [0.05, 0.1) is 11.6 Å². The highest BCUT2D eigenvalue weighted by atomic mass is 35.5. The highest BCUT2D eigenvalue weighted by molar-refractivity contribution is 6.00. The predicted octanol–water partition coefficient (Wildman–Crippen LogP) is 2.41. The van der Waals surface area contributed by atoms with Crippen LogP contribution in [0.1, 0.15) is 23.4 Å². The largest absolute Gasteiger partial charge is 0.361 e. The summed E-state index contributed by atoms with van der Waals surface area (Å²) in [6.45, 7) is 8.19. The Bertz CT molecular complexity index is 843. The minimum absolute atomic E-state index is 0. The number of benzene rings is 1. The SMILES string of the molecule is Cc1noc(C)c1CN1CCN(C(=O)C2CC(=O)N(c3ccccc3)C2)CC1.Cl. The van der Waals surface area contributed by atoms with Crippen molar-refractivity contribution in [1.29, 1.82) is 0 Å². The van der Waals surface area contributed by atoms with Gasteiger partial charge < -0.3 is 14.3 Å². The van der Waals surface area contributed by atoms with E-state index in [-0.39, 0.29) is 30.1 Å². The Morgan fingerprint density at radius 2 is 1.83 bits per heavy atom. The maximum atomic E-state index is 13.0. The van der Waals surface area contributed by atoms with Crippen molar-refractivity contribution in [3.63, 3.8) is 0 Å². The first kappa shape index (κ1) is 21.3. The Morgan fingerprint density at radius 3 is 2.45 bits per heavy atom. The van der Waals surface area contributed by atoms with Crippen molar-refractivity contribution in [2.45, 2.75) is 26.8 Å². The lowest BCUT2D eigenvalue weighted by molar-refractivity contribution is -0.137. The van der Waals surface area contributed by atoms with Gasteiger partial charge in [-0.05, 0) is 26.0 Å². The molecule has 1 unspecified atom stereocenters. The molecule has 0 bridgehead atoms. The Balaban J connectivity index is 0.00000240. The summed E-state index contributed by atoms with van der Waals surface area (Å²) in [5, 5.41) is 4.01.